The fraction of sp³-hybridized carbons (Fsp3) is 0.133. The molecule has 0 fully saturated rings. The van der Waals surface area contributed by atoms with Crippen LogP contribution >= 0.6 is 11.6 Å². The van der Waals surface area contributed by atoms with Crippen LogP contribution in [0.5, 0.6) is 34.5 Å². The van der Waals surface area contributed by atoms with Crippen molar-refractivity contribution >= 4 is 56.4 Å². The summed E-state index contributed by atoms with van der Waals surface area (Å²) in [5, 5.41) is 17.4. The molecule has 8 rings (SSSR count). The minimum absolute atomic E-state index is 0.00793. The first-order chi connectivity index (χ1) is 29.7. The van der Waals surface area contributed by atoms with E-state index in [1.54, 1.807) is 75.0 Å². The van der Waals surface area contributed by atoms with Gasteiger partial charge in [-0.3, -0.25) is 4.98 Å². The molecule has 0 atom stereocenters. The van der Waals surface area contributed by atoms with Crippen molar-refractivity contribution < 1.29 is 37.6 Å². The number of aromatic hydroxyl groups is 1. The SMILES string of the molecule is COc1cc2c(Nc3cc(O)c(C)cc3F)ncnc2cc1OCc1ccccc1.COc1cc2c(Nc3ccc(Cl)cc3F)ncnc2cc1OCCOc1ccncc1. The molecule has 0 unspecified atom stereocenters. The van der Waals surface area contributed by atoms with E-state index in [0.717, 1.165) is 5.56 Å². The molecule has 0 spiro atoms. The number of phenols is 1. The number of phenolic OH excluding ortho intramolecular Hbond substituents is 1. The van der Waals surface area contributed by atoms with E-state index in [1.165, 1.54) is 38.0 Å². The Morgan fingerprint density at radius 1 is 0.623 bits per heavy atom. The molecule has 61 heavy (non-hydrogen) atoms. The van der Waals surface area contributed by atoms with Crippen molar-refractivity contribution in [1.29, 1.82) is 0 Å². The van der Waals surface area contributed by atoms with Gasteiger partial charge in [-0.15, -0.1) is 0 Å². The number of nitrogens with zero attached hydrogens (tertiary/aromatic N) is 5. The van der Waals surface area contributed by atoms with Crippen molar-refractivity contribution in [2.24, 2.45) is 0 Å². The van der Waals surface area contributed by atoms with E-state index in [0.29, 0.717) is 92.6 Å². The number of halogens is 3. The van der Waals surface area contributed by atoms with Gasteiger partial charge in [0, 0.05) is 46.4 Å². The molecule has 0 saturated carbocycles. The number of pyridine rings is 1. The van der Waals surface area contributed by atoms with Crippen LogP contribution < -0.4 is 34.3 Å². The molecule has 0 saturated heterocycles. The molecule has 0 radical (unpaired) electrons. The summed E-state index contributed by atoms with van der Waals surface area (Å²) in [5.41, 5.74) is 3.05. The maximum atomic E-state index is 14.3. The lowest BCUT2D eigenvalue weighted by atomic mass is 10.1. The number of rotatable bonds is 14. The van der Waals surface area contributed by atoms with Crippen molar-refractivity contribution in [3.8, 4) is 34.5 Å². The second-order valence-corrected chi connectivity index (χ2v) is 13.6. The summed E-state index contributed by atoms with van der Waals surface area (Å²) in [6, 6.07) is 27.3. The molecule has 3 aromatic heterocycles. The first kappa shape index (κ1) is 41.6. The normalized spacial score (nSPS) is 10.7. The summed E-state index contributed by atoms with van der Waals surface area (Å²) in [7, 11) is 3.09. The fourth-order valence-electron chi connectivity index (χ4n) is 5.96. The second kappa shape index (κ2) is 19.5. The van der Waals surface area contributed by atoms with Gasteiger partial charge in [0.2, 0.25) is 0 Å². The van der Waals surface area contributed by atoms with E-state index in [4.69, 9.17) is 35.3 Å². The fourth-order valence-corrected chi connectivity index (χ4v) is 6.11. The van der Waals surface area contributed by atoms with Gasteiger partial charge in [0.15, 0.2) is 23.0 Å². The van der Waals surface area contributed by atoms with E-state index in [9.17, 15) is 13.9 Å². The Morgan fingerprint density at radius 2 is 1.21 bits per heavy atom. The largest absolute Gasteiger partial charge is 0.508 e. The predicted molar refractivity (Wildman–Crippen MR) is 229 cm³/mol. The average molecular weight is 846 g/mol. The van der Waals surface area contributed by atoms with Crippen LogP contribution in [0.1, 0.15) is 11.1 Å². The standard InChI is InChI=1S/C23H20FN3O3.C22H18ClFN4O3/c1-14-8-17(24)19(10-20(14)28)27-23-16-9-21(29-2)22(11-18(16)25-13-26-23)30-12-15-6-4-3-5-7-15;1-29-20-11-16-19(12-21(20)31-9-8-30-15-4-6-25-7-5-15)26-13-27-22(16)28-18-3-2-14(23)10-17(18)24/h3-11,13,28H,12H2,1-2H3,(H,25,26,27);2-7,10-13H,8-9H2,1H3,(H,26,27,28). The third-order valence-corrected chi connectivity index (χ3v) is 9.30. The average Bonchev–Trinajstić information content (AvgIpc) is 3.27. The zero-order valence-corrected chi connectivity index (χ0v) is 33.8. The molecule has 0 aliphatic heterocycles. The molecule has 3 N–H and O–H groups in total. The van der Waals surface area contributed by atoms with Gasteiger partial charge in [0.1, 0.15) is 67.2 Å². The highest BCUT2D eigenvalue weighted by molar-refractivity contribution is 6.30. The van der Waals surface area contributed by atoms with Gasteiger partial charge < -0.3 is 39.4 Å². The molecule has 5 aromatic carbocycles. The highest BCUT2D eigenvalue weighted by atomic mass is 35.5. The minimum Gasteiger partial charge on any atom is -0.508 e. The number of anilines is 4. The number of nitrogens with one attached hydrogen (secondary N) is 2. The maximum Gasteiger partial charge on any atom is 0.163 e. The molecule has 0 amide bonds. The molecule has 3 heterocycles. The molecular formula is C45H38ClF2N7O6. The number of hydrogen-bond acceptors (Lipinski definition) is 13. The number of aryl methyl sites for hydroxylation is 1. The Morgan fingerprint density at radius 3 is 1.84 bits per heavy atom. The second-order valence-electron chi connectivity index (χ2n) is 13.1. The lowest BCUT2D eigenvalue weighted by molar-refractivity contribution is 0.211. The highest BCUT2D eigenvalue weighted by Crippen LogP contribution is 2.37. The quantitative estimate of drug-likeness (QED) is 0.0890. The number of fused-ring (bicyclic) bond motifs is 2. The van der Waals surface area contributed by atoms with E-state index >= 15 is 0 Å². The molecule has 8 aromatic rings. The number of ether oxygens (including phenoxy) is 5. The van der Waals surface area contributed by atoms with Gasteiger partial charge in [-0.2, -0.15) is 0 Å². The van der Waals surface area contributed by atoms with Crippen LogP contribution in [0, 0.1) is 18.6 Å². The first-order valence-corrected chi connectivity index (χ1v) is 19.0. The monoisotopic (exact) mass is 845 g/mol. The van der Waals surface area contributed by atoms with Crippen molar-refractivity contribution in [3.05, 3.63) is 150 Å². The predicted octanol–water partition coefficient (Wildman–Crippen LogP) is 10.1. The van der Waals surface area contributed by atoms with Gasteiger partial charge in [-0.25, -0.2) is 28.7 Å². The van der Waals surface area contributed by atoms with Gasteiger partial charge in [0.05, 0.1) is 36.6 Å². The Kier molecular flexibility index (Phi) is 13.3. The van der Waals surface area contributed by atoms with Gasteiger partial charge in [-0.05, 0) is 66.6 Å². The van der Waals surface area contributed by atoms with Crippen LogP contribution in [-0.4, -0.2) is 57.5 Å². The third-order valence-electron chi connectivity index (χ3n) is 9.06. The summed E-state index contributed by atoms with van der Waals surface area (Å²) >= 11 is 5.82. The summed E-state index contributed by atoms with van der Waals surface area (Å²) in [6.45, 7) is 2.66. The zero-order chi connectivity index (χ0) is 42.7. The number of hydrogen-bond donors (Lipinski definition) is 3. The Hall–Kier alpha value is -7.52. The molecule has 310 valence electrons. The molecular weight excluding hydrogens is 808 g/mol. The van der Waals surface area contributed by atoms with Crippen LogP contribution in [0.2, 0.25) is 5.02 Å². The molecule has 16 heteroatoms. The van der Waals surface area contributed by atoms with E-state index in [-0.39, 0.29) is 17.1 Å². The molecule has 0 aliphatic rings. The molecule has 13 nitrogen and oxygen atoms in total. The lowest BCUT2D eigenvalue weighted by Crippen LogP contribution is -2.09. The number of methoxy groups -OCH3 is 2. The van der Waals surface area contributed by atoms with Gasteiger partial charge in [-0.1, -0.05) is 41.9 Å². The van der Waals surface area contributed by atoms with Crippen LogP contribution in [0.15, 0.2) is 122 Å². The first-order valence-electron chi connectivity index (χ1n) is 18.6. The number of aromatic nitrogens is 5. The highest BCUT2D eigenvalue weighted by Gasteiger charge is 2.16. The Balaban J connectivity index is 0.000000184. The topological polar surface area (TPSA) is 155 Å². The van der Waals surface area contributed by atoms with Crippen molar-refractivity contribution in [3.63, 3.8) is 0 Å². The van der Waals surface area contributed by atoms with E-state index < -0.39 is 11.6 Å². The maximum absolute atomic E-state index is 14.3. The van der Waals surface area contributed by atoms with Crippen molar-refractivity contribution in [2.45, 2.75) is 13.5 Å². The zero-order valence-electron chi connectivity index (χ0n) is 33.0. The minimum atomic E-state index is -0.494. The Labute approximate surface area is 353 Å². The van der Waals surface area contributed by atoms with Crippen LogP contribution in [-0.2, 0) is 6.61 Å². The van der Waals surface area contributed by atoms with Crippen LogP contribution in [0.4, 0.5) is 31.8 Å². The van der Waals surface area contributed by atoms with Crippen molar-refractivity contribution in [2.75, 3.05) is 38.1 Å². The van der Waals surface area contributed by atoms with E-state index in [2.05, 4.69) is 35.6 Å². The van der Waals surface area contributed by atoms with E-state index in [1.807, 2.05) is 30.3 Å². The molecule has 0 bridgehead atoms. The third kappa shape index (κ3) is 10.4. The smallest absolute Gasteiger partial charge is 0.163 e. The summed E-state index contributed by atoms with van der Waals surface area (Å²) in [4.78, 5) is 21.0. The Bertz CT molecular complexity index is 2770. The van der Waals surface area contributed by atoms with Crippen LogP contribution in [0.25, 0.3) is 21.8 Å². The lowest BCUT2D eigenvalue weighted by Gasteiger charge is -2.14. The van der Waals surface area contributed by atoms with Crippen LogP contribution in [0.3, 0.4) is 0 Å². The van der Waals surface area contributed by atoms with Gasteiger partial charge >= 0.3 is 0 Å². The summed E-state index contributed by atoms with van der Waals surface area (Å²) in [5.74, 6) is 2.58. The molecule has 0 aliphatic carbocycles. The summed E-state index contributed by atoms with van der Waals surface area (Å²) < 4.78 is 56.8. The summed E-state index contributed by atoms with van der Waals surface area (Å²) in [6.07, 6.45) is 6.08. The van der Waals surface area contributed by atoms with Gasteiger partial charge in [0.25, 0.3) is 0 Å². The number of benzene rings is 5. The van der Waals surface area contributed by atoms with Crippen molar-refractivity contribution in [1.82, 2.24) is 24.9 Å².